The highest BCUT2D eigenvalue weighted by Gasteiger charge is 2.37. The van der Waals surface area contributed by atoms with Gasteiger partial charge in [-0.1, -0.05) is 24.3 Å². The van der Waals surface area contributed by atoms with E-state index in [0.29, 0.717) is 19.1 Å². The highest BCUT2D eigenvalue weighted by Crippen LogP contribution is 2.25. The molecule has 0 N–H and O–H groups in total. The highest BCUT2D eigenvalue weighted by molar-refractivity contribution is 7.88. The summed E-state index contributed by atoms with van der Waals surface area (Å²) in [5, 5.41) is 0. The molecule has 2 aliphatic heterocycles. The monoisotopic (exact) mass is 266 g/mol. The average molecular weight is 266 g/mol. The van der Waals surface area contributed by atoms with Gasteiger partial charge in [-0.15, -0.1) is 0 Å². The van der Waals surface area contributed by atoms with E-state index < -0.39 is 10.0 Å². The van der Waals surface area contributed by atoms with Crippen LogP contribution in [-0.2, 0) is 23.0 Å². The molecule has 0 unspecified atom stereocenters. The lowest BCUT2D eigenvalue weighted by atomic mass is 9.97. The third-order valence-electron chi connectivity index (χ3n) is 3.97. The fourth-order valence-electron chi connectivity index (χ4n) is 2.75. The van der Waals surface area contributed by atoms with Crippen molar-refractivity contribution in [3.63, 3.8) is 0 Å². The first-order valence-corrected chi connectivity index (χ1v) is 8.15. The summed E-state index contributed by atoms with van der Waals surface area (Å²) >= 11 is 0. The van der Waals surface area contributed by atoms with Crippen LogP contribution in [0.5, 0.6) is 0 Å². The van der Waals surface area contributed by atoms with Gasteiger partial charge in [0, 0.05) is 32.2 Å². The Bertz CT molecular complexity index is 550. The zero-order valence-electron chi connectivity index (χ0n) is 10.5. The van der Waals surface area contributed by atoms with E-state index in [1.807, 2.05) is 0 Å². The molecule has 1 fully saturated rings. The second kappa shape index (κ2) is 4.33. The Labute approximate surface area is 108 Å². The topological polar surface area (TPSA) is 40.6 Å². The van der Waals surface area contributed by atoms with Crippen LogP contribution >= 0.6 is 0 Å². The number of hydrogen-bond donors (Lipinski definition) is 0. The SMILES string of the molecule is CS(=O)(=O)N1CC(N2CCc3ccccc3C2)C1. The number of fused-ring (bicyclic) bond motifs is 1. The smallest absolute Gasteiger partial charge is 0.211 e. The van der Waals surface area contributed by atoms with Crippen molar-refractivity contribution >= 4 is 10.0 Å². The average Bonchev–Trinajstić information content (AvgIpc) is 2.25. The third kappa shape index (κ3) is 2.18. The molecule has 3 rings (SSSR count). The van der Waals surface area contributed by atoms with Crippen molar-refractivity contribution < 1.29 is 8.42 Å². The molecular formula is C13H18N2O2S. The molecule has 5 heteroatoms. The molecule has 1 saturated heterocycles. The lowest BCUT2D eigenvalue weighted by molar-refractivity contribution is 0.0773. The number of sulfonamides is 1. The van der Waals surface area contributed by atoms with Crippen molar-refractivity contribution in [2.75, 3.05) is 25.9 Å². The molecule has 0 radical (unpaired) electrons. The lowest BCUT2D eigenvalue weighted by Crippen LogP contribution is -2.61. The zero-order valence-corrected chi connectivity index (χ0v) is 11.4. The molecule has 2 heterocycles. The van der Waals surface area contributed by atoms with E-state index in [4.69, 9.17) is 0 Å². The Morgan fingerprint density at radius 1 is 1.17 bits per heavy atom. The standard InChI is InChI=1S/C13H18N2O2S/c1-18(16,17)15-9-13(10-15)14-7-6-11-4-2-3-5-12(11)8-14/h2-5,13H,6-10H2,1H3. The predicted molar refractivity (Wildman–Crippen MR) is 70.8 cm³/mol. The maximum absolute atomic E-state index is 11.3. The van der Waals surface area contributed by atoms with E-state index in [1.165, 1.54) is 17.4 Å². The summed E-state index contributed by atoms with van der Waals surface area (Å²) in [4.78, 5) is 2.41. The Hall–Kier alpha value is -0.910. The predicted octanol–water partition coefficient (Wildman–Crippen LogP) is 0.688. The third-order valence-corrected chi connectivity index (χ3v) is 5.21. The van der Waals surface area contributed by atoms with Gasteiger partial charge in [-0.2, -0.15) is 4.31 Å². The van der Waals surface area contributed by atoms with E-state index in [9.17, 15) is 8.42 Å². The van der Waals surface area contributed by atoms with Crippen LogP contribution < -0.4 is 0 Å². The fourth-order valence-corrected chi connectivity index (χ4v) is 3.63. The number of rotatable bonds is 2. The first-order chi connectivity index (χ1) is 8.54. The van der Waals surface area contributed by atoms with Gasteiger partial charge < -0.3 is 0 Å². The van der Waals surface area contributed by atoms with Gasteiger partial charge in [0.05, 0.1) is 6.26 Å². The molecule has 0 amide bonds. The van der Waals surface area contributed by atoms with E-state index in [1.54, 1.807) is 4.31 Å². The summed E-state index contributed by atoms with van der Waals surface area (Å²) in [6.07, 6.45) is 2.36. The first kappa shape index (κ1) is 12.1. The molecule has 18 heavy (non-hydrogen) atoms. The van der Waals surface area contributed by atoms with Crippen LogP contribution in [0.4, 0.5) is 0 Å². The van der Waals surface area contributed by atoms with E-state index in [-0.39, 0.29) is 0 Å². The van der Waals surface area contributed by atoms with E-state index >= 15 is 0 Å². The Kier molecular flexibility index (Phi) is 2.92. The van der Waals surface area contributed by atoms with Gasteiger partial charge in [0.25, 0.3) is 0 Å². The van der Waals surface area contributed by atoms with Gasteiger partial charge in [0.1, 0.15) is 0 Å². The van der Waals surface area contributed by atoms with Gasteiger partial charge in [0.2, 0.25) is 10.0 Å². The van der Waals surface area contributed by atoms with Gasteiger partial charge >= 0.3 is 0 Å². The minimum Gasteiger partial charge on any atom is -0.293 e. The van der Waals surface area contributed by atoms with Crippen molar-refractivity contribution in [2.45, 2.75) is 19.0 Å². The number of benzene rings is 1. The quantitative estimate of drug-likeness (QED) is 0.791. The summed E-state index contributed by atoms with van der Waals surface area (Å²) in [6, 6.07) is 8.92. The largest absolute Gasteiger partial charge is 0.293 e. The van der Waals surface area contributed by atoms with Gasteiger partial charge in [-0.25, -0.2) is 8.42 Å². The maximum atomic E-state index is 11.3. The molecular weight excluding hydrogens is 248 g/mol. The second-order valence-electron chi connectivity index (χ2n) is 5.22. The molecule has 4 nitrogen and oxygen atoms in total. The molecule has 0 saturated carbocycles. The van der Waals surface area contributed by atoms with Crippen molar-refractivity contribution in [1.29, 1.82) is 0 Å². The second-order valence-corrected chi connectivity index (χ2v) is 7.21. The Morgan fingerprint density at radius 3 is 2.50 bits per heavy atom. The Balaban J connectivity index is 1.65. The van der Waals surface area contributed by atoms with Crippen LogP contribution in [0.15, 0.2) is 24.3 Å². The maximum Gasteiger partial charge on any atom is 0.211 e. The van der Waals surface area contributed by atoms with E-state index in [0.717, 1.165) is 19.5 Å². The summed E-state index contributed by atoms with van der Waals surface area (Å²) in [5.41, 5.74) is 2.83. The van der Waals surface area contributed by atoms with Crippen LogP contribution in [0, 0.1) is 0 Å². The number of nitrogens with zero attached hydrogens (tertiary/aromatic N) is 2. The molecule has 1 aromatic carbocycles. The highest BCUT2D eigenvalue weighted by atomic mass is 32.2. The normalized spacial score (nSPS) is 22.5. The summed E-state index contributed by atoms with van der Waals surface area (Å²) in [5.74, 6) is 0. The Morgan fingerprint density at radius 2 is 1.83 bits per heavy atom. The molecule has 1 aromatic rings. The molecule has 0 bridgehead atoms. The zero-order chi connectivity index (χ0) is 12.8. The van der Waals surface area contributed by atoms with Crippen molar-refractivity contribution in [1.82, 2.24) is 9.21 Å². The minimum atomic E-state index is -2.99. The van der Waals surface area contributed by atoms with Crippen LogP contribution in [0.2, 0.25) is 0 Å². The van der Waals surface area contributed by atoms with Crippen LogP contribution in [0.3, 0.4) is 0 Å². The van der Waals surface area contributed by atoms with Gasteiger partial charge in [0.15, 0.2) is 0 Å². The van der Waals surface area contributed by atoms with Crippen molar-refractivity contribution in [3.05, 3.63) is 35.4 Å². The number of hydrogen-bond acceptors (Lipinski definition) is 3. The van der Waals surface area contributed by atoms with Crippen molar-refractivity contribution in [3.8, 4) is 0 Å². The van der Waals surface area contributed by atoms with Gasteiger partial charge in [-0.3, -0.25) is 4.90 Å². The molecule has 0 spiro atoms. The molecule has 98 valence electrons. The summed E-state index contributed by atoms with van der Waals surface area (Å²) < 4.78 is 24.2. The van der Waals surface area contributed by atoms with E-state index in [2.05, 4.69) is 29.2 Å². The first-order valence-electron chi connectivity index (χ1n) is 6.30. The van der Waals surface area contributed by atoms with Crippen LogP contribution in [0.1, 0.15) is 11.1 Å². The van der Waals surface area contributed by atoms with Crippen LogP contribution in [-0.4, -0.2) is 49.6 Å². The molecule has 2 aliphatic rings. The fraction of sp³-hybridized carbons (Fsp3) is 0.538. The summed E-state index contributed by atoms with van der Waals surface area (Å²) in [6.45, 7) is 3.31. The molecule has 0 aliphatic carbocycles. The van der Waals surface area contributed by atoms with Crippen LogP contribution in [0.25, 0.3) is 0 Å². The minimum absolute atomic E-state index is 0.396. The molecule has 0 atom stereocenters. The van der Waals surface area contributed by atoms with Crippen molar-refractivity contribution in [2.24, 2.45) is 0 Å². The van der Waals surface area contributed by atoms with Gasteiger partial charge in [-0.05, 0) is 17.5 Å². The summed E-state index contributed by atoms with van der Waals surface area (Å²) in [7, 11) is -2.99. The lowest BCUT2D eigenvalue weighted by Gasteiger charge is -2.45. The molecule has 0 aromatic heterocycles.